The van der Waals surface area contributed by atoms with Gasteiger partial charge in [-0.05, 0) is 43.2 Å². The Morgan fingerprint density at radius 3 is 2.71 bits per heavy atom. The third kappa shape index (κ3) is 3.88. The van der Waals surface area contributed by atoms with Gasteiger partial charge in [-0.25, -0.2) is 4.79 Å². The summed E-state index contributed by atoms with van der Waals surface area (Å²) in [6.07, 6.45) is 1.85. The normalized spacial score (nSPS) is 11.0. The van der Waals surface area contributed by atoms with Crippen LogP contribution in [0.2, 0.25) is 0 Å². The van der Waals surface area contributed by atoms with Gasteiger partial charge in [0.15, 0.2) is 6.61 Å². The molecule has 0 spiro atoms. The highest BCUT2D eigenvalue weighted by Crippen LogP contribution is 2.31. The smallest absolute Gasteiger partial charge is 0.341 e. The average molecular weight is 384 g/mol. The number of aromatic nitrogens is 2. The summed E-state index contributed by atoms with van der Waals surface area (Å²) in [5.74, 6) is -0.0151. The first kappa shape index (κ1) is 19.5. The van der Waals surface area contributed by atoms with E-state index in [9.17, 15) is 9.90 Å². The first-order valence-corrected chi connectivity index (χ1v) is 9.13. The van der Waals surface area contributed by atoms with Crippen molar-refractivity contribution in [3.63, 3.8) is 0 Å². The number of rotatable bonds is 8. The number of hydrogen-bond donors (Lipinski definition) is 2. The Balaban J connectivity index is 2.07. The fourth-order valence-electron chi connectivity index (χ4n) is 3.35. The minimum absolute atomic E-state index is 0.118. The van der Waals surface area contributed by atoms with Gasteiger partial charge in [0.05, 0.1) is 13.7 Å². The summed E-state index contributed by atoms with van der Waals surface area (Å²) in [4.78, 5) is 15.4. The number of aryl methyl sites for hydroxylation is 1. The topological polar surface area (TPSA) is 93.8 Å². The van der Waals surface area contributed by atoms with Crippen molar-refractivity contribution in [3.8, 4) is 17.4 Å². The molecular formula is C21H24N2O5. The third-order valence-corrected chi connectivity index (χ3v) is 4.71. The molecule has 0 aliphatic rings. The molecular weight excluding hydrogens is 360 g/mol. The molecule has 3 rings (SSSR count). The van der Waals surface area contributed by atoms with Crippen LogP contribution in [0.3, 0.4) is 0 Å². The number of carbonyl (C=O) groups is 1. The van der Waals surface area contributed by atoms with Crippen LogP contribution in [-0.4, -0.2) is 39.5 Å². The van der Waals surface area contributed by atoms with Crippen molar-refractivity contribution in [2.24, 2.45) is 0 Å². The largest absolute Gasteiger partial charge is 0.508 e. The molecule has 3 aromatic rings. The first-order valence-electron chi connectivity index (χ1n) is 9.13. The summed E-state index contributed by atoms with van der Waals surface area (Å²) >= 11 is 0. The zero-order chi connectivity index (χ0) is 20.3. The molecule has 28 heavy (non-hydrogen) atoms. The number of aromatic hydroxyl groups is 1. The van der Waals surface area contributed by atoms with Crippen LogP contribution in [0, 0.1) is 6.92 Å². The van der Waals surface area contributed by atoms with Crippen LogP contribution in [-0.2, 0) is 17.8 Å². The van der Waals surface area contributed by atoms with E-state index in [1.807, 2.05) is 12.1 Å². The van der Waals surface area contributed by atoms with Gasteiger partial charge in [-0.3, -0.25) is 0 Å². The summed E-state index contributed by atoms with van der Waals surface area (Å²) in [7, 11) is 1.58. The molecule has 0 saturated carbocycles. The third-order valence-electron chi connectivity index (χ3n) is 4.71. The number of carboxylic acids is 1. The van der Waals surface area contributed by atoms with E-state index < -0.39 is 12.6 Å². The minimum atomic E-state index is -1.05. The van der Waals surface area contributed by atoms with E-state index >= 15 is 0 Å². The fourth-order valence-corrected chi connectivity index (χ4v) is 3.35. The number of methoxy groups -OCH3 is 1. The van der Waals surface area contributed by atoms with Crippen LogP contribution >= 0.6 is 0 Å². The average Bonchev–Trinajstić information content (AvgIpc) is 2.94. The van der Waals surface area contributed by atoms with Gasteiger partial charge < -0.3 is 24.3 Å². The predicted octanol–water partition coefficient (Wildman–Crippen LogP) is 3.52. The molecule has 0 amide bonds. The maximum atomic E-state index is 10.7. The zero-order valence-corrected chi connectivity index (χ0v) is 16.2. The lowest BCUT2D eigenvalue weighted by molar-refractivity contribution is -0.139. The predicted molar refractivity (Wildman–Crippen MR) is 105 cm³/mol. The Labute approximate surface area is 163 Å². The van der Waals surface area contributed by atoms with E-state index in [0.29, 0.717) is 23.7 Å². The highest BCUT2D eigenvalue weighted by atomic mass is 16.5. The molecule has 2 N–H and O–H groups in total. The van der Waals surface area contributed by atoms with Crippen LogP contribution in [0.1, 0.15) is 30.2 Å². The standard InChI is InChI=1S/C21H24N2O5/c1-4-5-17-13(2)16-7-9-19(27-3)22-21(16)23(17)11-14-10-15(6-8-18(14)24)28-12-20(25)26/h6-10,24H,4-5,11-12H2,1-3H3,(H,25,26). The van der Waals surface area contributed by atoms with Crippen LogP contribution in [0.25, 0.3) is 11.0 Å². The van der Waals surface area contributed by atoms with Gasteiger partial charge in [0, 0.05) is 22.7 Å². The molecule has 0 saturated heterocycles. The molecule has 2 heterocycles. The number of carboxylic acid groups (broad SMARTS) is 1. The van der Waals surface area contributed by atoms with E-state index in [4.69, 9.17) is 14.6 Å². The molecule has 1 aromatic carbocycles. The van der Waals surface area contributed by atoms with Gasteiger partial charge in [-0.15, -0.1) is 0 Å². The molecule has 0 unspecified atom stereocenters. The lowest BCUT2D eigenvalue weighted by Gasteiger charge is -2.13. The van der Waals surface area contributed by atoms with Gasteiger partial charge in [0.25, 0.3) is 0 Å². The van der Waals surface area contributed by atoms with Crippen molar-refractivity contribution in [1.82, 2.24) is 9.55 Å². The number of fused-ring (bicyclic) bond motifs is 1. The van der Waals surface area contributed by atoms with Crippen LogP contribution in [0.4, 0.5) is 0 Å². The van der Waals surface area contributed by atoms with E-state index in [1.165, 1.54) is 6.07 Å². The molecule has 0 atom stereocenters. The molecule has 7 heteroatoms. The Morgan fingerprint density at radius 1 is 1.25 bits per heavy atom. The number of nitrogens with zero attached hydrogens (tertiary/aromatic N) is 2. The molecule has 0 aliphatic carbocycles. The van der Waals surface area contributed by atoms with Crippen molar-refractivity contribution in [2.75, 3.05) is 13.7 Å². The van der Waals surface area contributed by atoms with Crippen molar-refractivity contribution in [3.05, 3.63) is 47.2 Å². The van der Waals surface area contributed by atoms with Gasteiger partial charge in [0.1, 0.15) is 17.1 Å². The summed E-state index contributed by atoms with van der Waals surface area (Å²) in [6.45, 7) is 4.14. The number of hydrogen-bond acceptors (Lipinski definition) is 5. The van der Waals surface area contributed by atoms with E-state index in [-0.39, 0.29) is 5.75 Å². The number of benzene rings is 1. The second-order valence-electron chi connectivity index (χ2n) is 6.61. The molecule has 0 radical (unpaired) electrons. The SMILES string of the molecule is CCCc1c(C)c2ccc(OC)nc2n1Cc1cc(OCC(=O)O)ccc1O. The lowest BCUT2D eigenvalue weighted by Crippen LogP contribution is -2.10. The highest BCUT2D eigenvalue weighted by molar-refractivity contribution is 5.82. The lowest BCUT2D eigenvalue weighted by atomic mass is 10.1. The number of ether oxygens (including phenoxy) is 2. The Hall–Kier alpha value is -3.22. The Bertz CT molecular complexity index is 1010. The van der Waals surface area contributed by atoms with Gasteiger partial charge in [0.2, 0.25) is 5.88 Å². The van der Waals surface area contributed by atoms with Crippen molar-refractivity contribution in [2.45, 2.75) is 33.2 Å². The molecule has 7 nitrogen and oxygen atoms in total. The Morgan fingerprint density at radius 2 is 2.04 bits per heavy atom. The maximum Gasteiger partial charge on any atom is 0.341 e. The van der Waals surface area contributed by atoms with E-state index in [2.05, 4.69) is 23.4 Å². The van der Waals surface area contributed by atoms with Crippen LogP contribution in [0.5, 0.6) is 17.4 Å². The number of aliphatic carboxylic acids is 1. The first-order chi connectivity index (χ1) is 13.4. The molecule has 0 bridgehead atoms. The van der Waals surface area contributed by atoms with Crippen LogP contribution in [0.15, 0.2) is 30.3 Å². The highest BCUT2D eigenvalue weighted by Gasteiger charge is 2.17. The number of pyridine rings is 1. The van der Waals surface area contributed by atoms with E-state index in [1.54, 1.807) is 19.2 Å². The molecule has 148 valence electrons. The van der Waals surface area contributed by atoms with Crippen molar-refractivity contribution >= 4 is 17.0 Å². The van der Waals surface area contributed by atoms with Crippen molar-refractivity contribution < 1.29 is 24.5 Å². The second-order valence-corrected chi connectivity index (χ2v) is 6.61. The van der Waals surface area contributed by atoms with E-state index in [0.717, 1.165) is 35.1 Å². The molecule has 0 fully saturated rings. The summed E-state index contributed by atoms with van der Waals surface area (Å²) in [6, 6.07) is 8.56. The fraction of sp³-hybridized carbons (Fsp3) is 0.333. The molecule has 2 aromatic heterocycles. The monoisotopic (exact) mass is 384 g/mol. The summed E-state index contributed by atoms with van der Waals surface area (Å²) in [5.41, 5.74) is 3.72. The maximum absolute atomic E-state index is 10.7. The van der Waals surface area contributed by atoms with Gasteiger partial charge in [-0.2, -0.15) is 4.98 Å². The van der Waals surface area contributed by atoms with Gasteiger partial charge in [-0.1, -0.05) is 13.3 Å². The van der Waals surface area contributed by atoms with Gasteiger partial charge >= 0.3 is 5.97 Å². The van der Waals surface area contributed by atoms with Crippen LogP contribution < -0.4 is 9.47 Å². The summed E-state index contributed by atoms with van der Waals surface area (Å²) < 4.78 is 12.6. The molecule has 0 aliphatic heterocycles. The summed E-state index contributed by atoms with van der Waals surface area (Å²) in [5, 5.41) is 20.2. The quantitative estimate of drug-likeness (QED) is 0.617. The minimum Gasteiger partial charge on any atom is -0.508 e. The number of phenols is 1. The zero-order valence-electron chi connectivity index (χ0n) is 16.2. The second kappa shape index (κ2) is 8.21. The van der Waals surface area contributed by atoms with Crippen molar-refractivity contribution in [1.29, 1.82) is 0 Å². The Kier molecular flexibility index (Phi) is 5.73. The number of phenolic OH excluding ortho intramolecular Hbond substituents is 1.